The molecule has 1 rings (SSSR count). The van der Waals surface area contributed by atoms with Gasteiger partial charge in [0.25, 0.3) is 0 Å². The monoisotopic (exact) mass is 221 g/mol. The number of hydrogen-bond acceptors (Lipinski definition) is 2. The second kappa shape index (κ2) is 6.28. The Morgan fingerprint density at radius 3 is 2.50 bits per heavy atom. The lowest BCUT2D eigenvalue weighted by atomic mass is 10.0. The number of aliphatic hydroxyl groups is 1. The maximum atomic E-state index is 10.7. The molecule has 0 bridgehead atoms. The van der Waals surface area contributed by atoms with Gasteiger partial charge in [0.05, 0.1) is 6.10 Å². The van der Waals surface area contributed by atoms with Crippen molar-refractivity contribution in [1.29, 1.82) is 0 Å². The molecule has 2 N–H and O–H groups in total. The third kappa shape index (κ3) is 4.03. The summed E-state index contributed by atoms with van der Waals surface area (Å²) in [6, 6.07) is 7.70. The highest BCUT2D eigenvalue weighted by atomic mass is 16.3. The van der Waals surface area contributed by atoms with Gasteiger partial charge in [-0.05, 0) is 17.5 Å². The van der Waals surface area contributed by atoms with Crippen molar-refractivity contribution < 1.29 is 9.90 Å². The van der Waals surface area contributed by atoms with E-state index in [1.54, 1.807) is 0 Å². The lowest BCUT2D eigenvalue weighted by molar-refractivity contribution is -0.119. The lowest BCUT2D eigenvalue weighted by Crippen LogP contribution is -2.18. The summed E-state index contributed by atoms with van der Waals surface area (Å²) in [5.74, 6) is -0.0323. The standard InChI is InChI=1S/C13H19NO2/c1-3-4-13(16)12-7-5-11(6-8-12)9-14-10(2)15/h5-8,13,16H,3-4,9H2,1-2H3,(H,14,15). The van der Waals surface area contributed by atoms with Gasteiger partial charge in [-0.2, -0.15) is 0 Å². The molecule has 0 saturated heterocycles. The van der Waals surface area contributed by atoms with Crippen LogP contribution in [-0.4, -0.2) is 11.0 Å². The molecule has 16 heavy (non-hydrogen) atoms. The Kier molecular flexibility index (Phi) is 4.99. The molecular weight excluding hydrogens is 202 g/mol. The van der Waals surface area contributed by atoms with Crippen LogP contribution < -0.4 is 5.32 Å². The SMILES string of the molecule is CCCC(O)c1ccc(CNC(C)=O)cc1. The highest BCUT2D eigenvalue weighted by molar-refractivity contribution is 5.72. The topological polar surface area (TPSA) is 49.3 Å². The fraction of sp³-hybridized carbons (Fsp3) is 0.462. The summed E-state index contributed by atoms with van der Waals surface area (Å²) in [5, 5.41) is 12.5. The Balaban J connectivity index is 2.57. The highest BCUT2D eigenvalue weighted by Crippen LogP contribution is 2.18. The van der Waals surface area contributed by atoms with Crippen LogP contribution in [-0.2, 0) is 11.3 Å². The molecule has 1 aromatic carbocycles. The van der Waals surface area contributed by atoms with Gasteiger partial charge in [-0.1, -0.05) is 37.6 Å². The number of aliphatic hydroxyl groups excluding tert-OH is 1. The molecule has 0 aromatic heterocycles. The Labute approximate surface area is 96.5 Å². The minimum absolute atomic E-state index is 0.0323. The van der Waals surface area contributed by atoms with Crippen LogP contribution in [0.5, 0.6) is 0 Å². The van der Waals surface area contributed by atoms with Gasteiger partial charge >= 0.3 is 0 Å². The predicted octanol–water partition coefficient (Wildman–Crippen LogP) is 2.16. The van der Waals surface area contributed by atoms with Gasteiger partial charge in [-0.3, -0.25) is 4.79 Å². The summed E-state index contributed by atoms with van der Waals surface area (Å²) >= 11 is 0. The van der Waals surface area contributed by atoms with E-state index in [-0.39, 0.29) is 12.0 Å². The Morgan fingerprint density at radius 1 is 1.38 bits per heavy atom. The van der Waals surface area contributed by atoms with E-state index >= 15 is 0 Å². The van der Waals surface area contributed by atoms with Crippen LogP contribution in [0.25, 0.3) is 0 Å². The number of amides is 1. The largest absolute Gasteiger partial charge is 0.388 e. The van der Waals surface area contributed by atoms with Crippen LogP contribution in [0.3, 0.4) is 0 Å². The molecule has 88 valence electrons. The molecule has 0 aliphatic heterocycles. The van der Waals surface area contributed by atoms with Crippen LogP contribution in [0.2, 0.25) is 0 Å². The van der Waals surface area contributed by atoms with E-state index in [4.69, 9.17) is 0 Å². The number of benzene rings is 1. The quantitative estimate of drug-likeness (QED) is 0.800. The molecule has 1 atom stereocenters. The van der Waals surface area contributed by atoms with Crippen molar-refractivity contribution in [3.05, 3.63) is 35.4 Å². The van der Waals surface area contributed by atoms with Gasteiger partial charge < -0.3 is 10.4 Å². The second-order valence-electron chi connectivity index (χ2n) is 3.96. The fourth-order valence-electron chi connectivity index (χ4n) is 1.52. The fourth-order valence-corrected chi connectivity index (χ4v) is 1.52. The highest BCUT2D eigenvalue weighted by Gasteiger charge is 2.05. The number of rotatable bonds is 5. The maximum absolute atomic E-state index is 10.7. The molecule has 0 aliphatic rings. The van der Waals surface area contributed by atoms with E-state index in [9.17, 15) is 9.90 Å². The molecule has 0 heterocycles. The average Bonchev–Trinajstić information content (AvgIpc) is 2.27. The summed E-state index contributed by atoms with van der Waals surface area (Å²) in [6.07, 6.45) is 1.37. The van der Waals surface area contributed by atoms with Crippen molar-refractivity contribution in [2.24, 2.45) is 0 Å². The Morgan fingerprint density at radius 2 is 2.00 bits per heavy atom. The normalized spacial score (nSPS) is 12.2. The first-order chi connectivity index (χ1) is 7.63. The molecular formula is C13H19NO2. The second-order valence-corrected chi connectivity index (χ2v) is 3.96. The van der Waals surface area contributed by atoms with Crippen molar-refractivity contribution in [2.75, 3.05) is 0 Å². The van der Waals surface area contributed by atoms with Gasteiger partial charge in [-0.25, -0.2) is 0 Å². The first kappa shape index (κ1) is 12.7. The van der Waals surface area contributed by atoms with Crippen LogP contribution >= 0.6 is 0 Å². The molecule has 0 saturated carbocycles. The van der Waals surface area contributed by atoms with E-state index in [0.717, 1.165) is 24.0 Å². The molecule has 1 aromatic rings. The van der Waals surface area contributed by atoms with Crippen molar-refractivity contribution >= 4 is 5.91 Å². The average molecular weight is 221 g/mol. The molecule has 1 unspecified atom stereocenters. The zero-order valence-corrected chi connectivity index (χ0v) is 9.86. The van der Waals surface area contributed by atoms with E-state index in [0.29, 0.717) is 6.54 Å². The van der Waals surface area contributed by atoms with E-state index in [1.807, 2.05) is 31.2 Å². The number of carbonyl (C=O) groups excluding carboxylic acids is 1. The number of nitrogens with one attached hydrogen (secondary N) is 1. The smallest absolute Gasteiger partial charge is 0.217 e. The van der Waals surface area contributed by atoms with Crippen molar-refractivity contribution in [1.82, 2.24) is 5.32 Å². The molecule has 0 radical (unpaired) electrons. The van der Waals surface area contributed by atoms with E-state index in [1.165, 1.54) is 6.92 Å². The first-order valence-corrected chi connectivity index (χ1v) is 5.64. The number of hydrogen-bond donors (Lipinski definition) is 2. The summed E-state index contributed by atoms with van der Waals surface area (Å²) in [5.41, 5.74) is 1.98. The van der Waals surface area contributed by atoms with Crippen LogP contribution in [0.1, 0.15) is 43.9 Å². The van der Waals surface area contributed by atoms with Crippen molar-refractivity contribution in [2.45, 2.75) is 39.3 Å². The molecule has 3 heteroatoms. The summed E-state index contributed by atoms with van der Waals surface area (Å²) < 4.78 is 0. The third-order valence-corrected chi connectivity index (χ3v) is 2.47. The van der Waals surface area contributed by atoms with Gasteiger partial charge in [-0.15, -0.1) is 0 Å². The summed E-state index contributed by atoms with van der Waals surface area (Å²) in [7, 11) is 0. The van der Waals surface area contributed by atoms with Crippen LogP contribution in [0, 0.1) is 0 Å². The van der Waals surface area contributed by atoms with Gasteiger partial charge in [0.1, 0.15) is 0 Å². The summed E-state index contributed by atoms with van der Waals surface area (Å²) in [4.78, 5) is 10.7. The van der Waals surface area contributed by atoms with E-state index in [2.05, 4.69) is 5.32 Å². The third-order valence-electron chi connectivity index (χ3n) is 2.47. The van der Waals surface area contributed by atoms with Gasteiger partial charge in [0.15, 0.2) is 0 Å². The Bertz CT molecular complexity index is 332. The zero-order chi connectivity index (χ0) is 12.0. The maximum Gasteiger partial charge on any atom is 0.217 e. The zero-order valence-electron chi connectivity index (χ0n) is 9.86. The van der Waals surface area contributed by atoms with Gasteiger partial charge in [0, 0.05) is 13.5 Å². The van der Waals surface area contributed by atoms with Crippen molar-refractivity contribution in [3.8, 4) is 0 Å². The number of carbonyl (C=O) groups is 1. The first-order valence-electron chi connectivity index (χ1n) is 5.64. The summed E-state index contributed by atoms with van der Waals surface area (Å²) in [6.45, 7) is 4.09. The lowest BCUT2D eigenvalue weighted by Gasteiger charge is -2.10. The molecule has 0 spiro atoms. The molecule has 3 nitrogen and oxygen atoms in total. The minimum atomic E-state index is -0.375. The Hall–Kier alpha value is -1.35. The molecule has 0 aliphatic carbocycles. The van der Waals surface area contributed by atoms with Gasteiger partial charge in [0.2, 0.25) is 5.91 Å². The van der Waals surface area contributed by atoms with Crippen molar-refractivity contribution in [3.63, 3.8) is 0 Å². The molecule has 1 amide bonds. The molecule has 0 fully saturated rings. The van der Waals surface area contributed by atoms with Crippen LogP contribution in [0.4, 0.5) is 0 Å². The minimum Gasteiger partial charge on any atom is -0.388 e. The van der Waals surface area contributed by atoms with Crippen LogP contribution in [0.15, 0.2) is 24.3 Å². The van der Waals surface area contributed by atoms with E-state index < -0.39 is 0 Å². The predicted molar refractivity (Wildman–Crippen MR) is 63.8 cm³/mol.